The van der Waals surface area contributed by atoms with E-state index in [4.69, 9.17) is 3.07 Å². The van der Waals surface area contributed by atoms with Crippen molar-refractivity contribution in [3.8, 4) is 9.85 Å². The molecule has 138 valence electrons. The van der Waals surface area contributed by atoms with Gasteiger partial charge >= 0.3 is 153 Å². The van der Waals surface area contributed by atoms with E-state index in [-0.39, 0.29) is 3.57 Å². The second kappa shape index (κ2) is 6.46. The molecule has 0 N–H and O–H groups in total. The van der Waals surface area contributed by atoms with Gasteiger partial charge in [0, 0.05) is 0 Å². The van der Waals surface area contributed by atoms with Crippen LogP contribution in [0.5, 0.6) is 0 Å². The number of fused-ring (bicyclic) bond motifs is 1. The normalized spacial score (nSPS) is 17.4. The predicted octanol–water partition coefficient (Wildman–Crippen LogP) is 5.95. The first-order chi connectivity index (χ1) is 12.1. The van der Waals surface area contributed by atoms with Crippen molar-refractivity contribution in [2.75, 3.05) is 0 Å². The fourth-order valence-electron chi connectivity index (χ4n) is 2.45. The number of alkyl halides is 6. The van der Waals surface area contributed by atoms with Crippen LogP contribution in [-0.2, 0) is 8.67 Å². The minimum absolute atomic E-state index is 0.0778. The molecule has 0 saturated heterocycles. The molecule has 0 aliphatic carbocycles. The van der Waals surface area contributed by atoms with Gasteiger partial charge in [-0.25, -0.2) is 0 Å². The number of hydrogen-bond donors (Lipinski definition) is 0. The van der Waals surface area contributed by atoms with E-state index in [9.17, 15) is 26.3 Å². The standard InChI is InChI=1S/C18H11F6IO/c1-12-6-8-13(9-7-12)10-11-25-15-5-3-2-4-14(15)16(26-25,17(19,20)21)18(22,23)24/h2-9H,1H3. The van der Waals surface area contributed by atoms with Crippen molar-refractivity contribution in [2.45, 2.75) is 24.9 Å². The molecule has 0 amide bonds. The Hall–Kier alpha value is -1.73. The molecule has 0 atom stereocenters. The molecule has 0 aromatic heterocycles. The molecule has 0 fully saturated rings. The average molecular weight is 484 g/mol. The maximum atomic E-state index is 13.5. The van der Waals surface area contributed by atoms with Crippen LogP contribution in [0, 0.1) is 20.3 Å². The summed E-state index contributed by atoms with van der Waals surface area (Å²) in [7, 11) is 0. The fraction of sp³-hybridized carbons (Fsp3) is 0.222. The molecule has 8 heteroatoms. The molecule has 0 radical (unpaired) electrons. The van der Waals surface area contributed by atoms with Crippen molar-refractivity contribution in [1.82, 2.24) is 0 Å². The van der Waals surface area contributed by atoms with E-state index in [1.807, 2.05) is 6.92 Å². The Morgan fingerprint density at radius 2 is 1.46 bits per heavy atom. The van der Waals surface area contributed by atoms with Crippen molar-refractivity contribution in [3.05, 3.63) is 68.8 Å². The van der Waals surface area contributed by atoms with Crippen LogP contribution in [0.25, 0.3) is 0 Å². The van der Waals surface area contributed by atoms with Gasteiger partial charge in [0.2, 0.25) is 0 Å². The second-order valence-electron chi connectivity index (χ2n) is 5.57. The fourth-order valence-corrected chi connectivity index (χ4v) is 6.67. The first-order valence-corrected chi connectivity index (χ1v) is 10.3. The van der Waals surface area contributed by atoms with E-state index in [0.29, 0.717) is 5.56 Å². The molecule has 26 heavy (non-hydrogen) atoms. The molecule has 1 nitrogen and oxygen atoms in total. The van der Waals surface area contributed by atoms with E-state index < -0.39 is 43.8 Å². The third-order valence-corrected chi connectivity index (χ3v) is 7.62. The molecule has 0 unspecified atom stereocenters. The van der Waals surface area contributed by atoms with E-state index in [1.54, 1.807) is 24.3 Å². The predicted molar refractivity (Wildman–Crippen MR) is 92.1 cm³/mol. The molecule has 1 aliphatic rings. The summed E-state index contributed by atoms with van der Waals surface area (Å²) >= 11 is -3.50. The summed E-state index contributed by atoms with van der Waals surface area (Å²) in [6.45, 7) is 1.85. The van der Waals surface area contributed by atoms with Crippen LogP contribution in [0.15, 0.2) is 48.5 Å². The summed E-state index contributed by atoms with van der Waals surface area (Å²) in [4.78, 5) is 0. The van der Waals surface area contributed by atoms with Crippen molar-refractivity contribution in [1.29, 1.82) is 0 Å². The van der Waals surface area contributed by atoms with Gasteiger partial charge in [0.1, 0.15) is 0 Å². The molecule has 0 bridgehead atoms. The zero-order valence-corrected chi connectivity index (χ0v) is 15.3. The second-order valence-corrected chi connectivity index (χ2v) is 9.13. The van der Waals surface area contributed by atoms with E-state index in [2.05, 4.69) is 9.85 Å². The average Bonchev–Trinajstić information content (AvgIpc) is 2.90. The van der Waals surface area contributed by atoms with Crippen LogP contribution < -0.4 is 0 Å². The third-order valence-electron chi connectivity index (χ3n) is 3.76. The summed E-state index contributed by atoms with van der Waals surface area (Å²) < 4.78 is 88.2. The van der Waals surface area contributed by atoms with Crippen LogP contribution in [0.3, 0.4) is 0 Å². The zero-order valence-electron chi connectivity index (χ0n) is 13.2. The van der Waals surface area contributed by atoms with Crippen molar-refractivity contribution in [3.63, 3.8) is 0 Å². The summed E-state index contributed by atoms with van der Waals surface area (Å²) in [5.74, 6) is 2.66. The molecular formula is C18H11F6IO. The van der Waals surface area contributed by atoms with Crippen molar-refractivity contribution in [2.24, 2.45) is 0 Å². The Morgan fingerprint density at radius 1 is 0.885 bits per heavy atom. The van der Waals surface area contributed by atoms with Gasteiger partial charge in [-0.2, -0.15) is 0 Å². The Bertz CT molecular complexity index is 860. The Labute approximate surface area is 153 Å². The van der Waals surface area contributed by atoms with E-state index >= 15 is 0 Å². The van der Waals surface area contributed by atoms with Crippen LogP contribution in [0.4, 0.5) is 26.3 Å². The number of halogens is 7. The van der Waals surface area contributed by atoms with Gasteiger partial charge in [-0.3, -0.25) is 0 Å². The van der Waals surface area contributed by atoms with Gasteiger partial charge in [-0.05, 0) is 0 Å². The van der Waals surface area contributed by atoms with Crippen molar-refractivity contribution >= 4 is 20.2 Å². The van der Waals surface area contributed by atoms with Gasteiger partial charge in [0.15, 0.2) is 0 Å². The SMILES string of the molecule is Cc1ccc(C#CI2OC(C(F)(F)F)(C(F)(F)F)c3ccccc32)cc1. The Morgan fingerprint density at radius 3 is 2.04 bits per heavy atom. The molecule has 0 saturated carbocycles. The first kappa shape index (κ1) is 19.0. The van der Waals surface area contributed by atoms with Crippen LogP contribution in [0.2, 0.25) is 0 Å². The summed E-state index contributed by atoms with van der Waals surface area (Å²) in [6, 6.07) is 11.4. The zero-order chi connectivity index (χ0) is 19.2. The number of hydrogen-bond acceptors (Lipinski definition) is 1. The van der Waals surface area contributed by atoms with Gasteiger partial charge in [-0.1, -0.05) is 0 Å². The molecule has 2 aromatic rings. The van der Waals surface area contributed by atoms with Crippen molar-refractivity contribution < 1.29 is 29.4 Å². The number of rotatable bonds is 0. The van der Waals surface area contributed by atoms with Gasteiger partial charge < -0.3 is 0 Å². The van der Waals surface area contributed by atoms with Crippen LogP contribution in [-0.4, -0.2) is 12.4 Å². The maximum absolute atomic E-state index is 13.5. The van der Waals surface area contributed by atoms with Gasteiger partial charge in [0.25, 0.3) is 0 Å². The van der Waals surface area contributed by atoms with E-state index in [0.717, 1.165) is 17.7 Å². The minimum atomic E-state index is -5.64. The van der Waals surface area contributed by atoms with Crippen LogP contribution in [0.1, 0.15) is 16.7 Å². The topological polar surface area (TPSA) is 9.23 Å². The molecule has 2 aromatic carbocycles. The monoisotopic (exact) mass is 484 g/mol. The van der Waals surface area contributed by atoms with Gasteiger partial charge in [0.05, 0.1) is 0 Å². The first-order valence-electron chi connectivity index (χ1n) is 7.27. The molecule has 0 spiro atoms. The molecule has 1 heterocycles. The summed E-state index contributed by atoms with van der Waals surface area (Å²) in [6.07, 6.45) is -11.3. The number of benzene rings is 2. The Balaban J connectivity index is 2.10. The molecular weight excluding hydrogens is 473 g/mol. The molecule has 1 aliphatic heterocycles. The number of aryl methyl sites for hydroxylation is 1. The third kappa shape index (κ3) is 3.07. The quantitative estimate of drug-likeness (QED) is 0.256. The Kier molecular flexibility index (Phi) is 4.73. The van der Waals surface area contributed by atoms with Gasteiger partial charge in [-0.15, -0.1) is 0 Å². The summed E-state index contributed by atoms with van der Waals surface area (Å²) in [5, 5.41) is 0. The van der Waals surface area contributed by atoms with E-state index in [1.165, 1.54) is 12.1 Å². The summed E-state index contributed by atoms with van der Waals surface area (Å²) in [5.41, 5.74) is -3.75. The molecule has 3 rings (SSSR count). The van der Waals surface area contributed by atoms with Crippen LogP contribution >= 0.6 is 20.2 Å².